The lowest BCUT2D eigenvalue weighted by molar-refractivity contribution is -0.136. The van der Waals surface area contributed by atoms with Crippen LogP contribution in [-0.4, -0.2) is 46.9 Å². The molecule has 0 radical (unpaired) electrons. The molecule has 5 rings (SSSR count). The average molecular weight is 448 g/mol. The molecule has 1 atom stereocenters. The summed E-state index contributed by atoms with van der Waals surface area (Å²) in [6.45, 7) is 0.372. The Morgan fingerprint density at radius 3 is 2.58 bits per heavy atom. The van der Waals surface area contributed by atoms with Crippen molar-refractivity contribution in [2.24, 2.45) is 5.92 Å². The van der Waals surface area contributed by atoms with Gasteiger partial charge in [-0.2, -0.15) is 0 Å². The Balaban J connectivity index is 1.26. The molecule has 1 aromatic carbocycles. The normalized spacial score (nSPS) is 25.2. The Bertz CT molecular complexity index is 1070. The van der Waals surface area contributed by atoms with Crippen molar-refractivity contribution in [1.82, 2.24) is 15.2 Å². The molecule has 1 aliphatic carbocycles. The van der Waals surface area contributed by atoms with Gasteiger partial charge in [-0.15, -0.1) is 0 Å². The molecule has 1 saturated heterocycles. The third-order valence-corrected chi connectivity index (χ3v) is 7.30. The molecule has 2 aromatic rings. The highest BCUT2D eigenvalue weighted by atomic mass is 16.5. The fourth-order valence-corrected chi connectivity index (χ4v) is 5.35. The minimum absolute atomic E-state index is 0.155. The van der Waals surface area contributed by atoms with Gasteiger partial charge in [-0.3, -0.25) is 24.7 Å². The fourth-order valence-electron chi connectivity index (χ4n) is 5.35. The van der Waals surface area contributed by atoms with Gasteiger partial charge in [0.1, 0.15) is 6.04 Å². The van der Waals surface area contributed by atoms with Gasteiger partial charge >= 0.3 is 0 Å². The second kappa shape index (κ2) is 9.06. The van der Waals surface area contributed by atoms with Crippen LogP contribution in [0.2, 0.25) is 0 Å². The van der Waals surface area contributed by atoms with E-state index in [4.69, 9.17) is 9.72 Å². The SMILES string of the molecule is CO[C@H]1CC[C@H](Cc2ccc(-c3ccc4c(c3)CN(C3CCC(=O)NC3=O)C4=O)nc2)CC1. The van der Waals surface area contributed by atoms with Crippen molar-refractivity contribution in [2.75, 3.05) is 7.11 Å². The van der Waals surface area contributed by atoms with Crippen LogP contribution in [0.3, 0.4) is 0 Å². The number of nitrogens with zero attached hydrogens (tertiary/aromatic N) is 2. The second-order valence-corrected chi connectivity index (χ2v) is 9.41. The summed E-state index contributed by atoms with van der Waals surface area (Å²) in [6.07, 6.45) is 8.71. The minimum atomic E-state index is -0.595. The van der Waals surface area contributed by atoms with Gasteiger partial charge in [-0.05, 0) is 73.8 Å². The number of amides is 3. The van der Waals surface area contributed by atoms with E-state index >= 15 is 0 Å². The molecule has 2 aliphatic heterocycles. The van der Waals surface area contributed by atoms with Gasteiger partial charge in [0, 0.05) is 37.4 Å². The summed E-state index contributed by atoms with van der Waals surface area (Å²) in [5.74, 6) is -0.133. The molecular formula is C26H29N3O4. The summed E-state index contributed by atoms with van der Waals surface area (Å²) in [6, 6.07) is 9.34. The molecule has 1 saturated carbocycles. The highest BCUT2D eigenvalue weighted by Gasteiger charge is 2.39. The highest BCUT2D eigenvalue weighted by Crippen LogP contribution is 2.32. The number of methoxy groups -OCH3 is 1. The van der Waals surface area contributed by atoms with Crippen LogP contribution in [-0.2, 0) is 27.3 Å². The smallest absolute Gasteiger partial charge is 0.255 e. The van der Waals surface area contributed by atoms with Gasteiger partial charge in [0.25, 0.3) is 5.91 Å². The first-order chi connectivity index (χ1) is 16.0. The highest BCUT2D eigenvalue weighted by molar-refractivity contribution is 6.05. The number of fused-ring (bicyclic) bond motifs is 1. The predicted octanol–water partition coefficient (Wildman–Crippen LogP) is 3.26. The van der Waals surface area contributed by atoms with Crippen molar-refractivity contribution in [1.29, 1.82) is 0 Å². The van der Waals surface area contributed by atoms with E-state index in [1.54, 1.807) is 12.0 Å². The summed E-state index contributed by atoms with van der Waals surface area (Å²) in [7, 11) is 1.80. The molecule has 7 nitrogen and oxygen atoms in total. The Labute approximate surface area is 193 Å². The number of aromatic nitrogens is 1. The zero-order valence-corrected chi connectivity index (χ0v) is 18.9. The number of carbonyl (C=O) groups is 3. The molecule has 3 aliphatic rings. The van der Waals surface area contributed by atoms with Gasteiger partial charge in [-0.1, -0.05) is 12.1 Å². The van der Waals surface area contributed by atoms with E-state index in [1.165, 1.54) is 18.4 Å². The summed E-state index contributed by atoms with van der Waals surface area (Å²) >= 11 is 0. The first kappa shape index (κ1) is 21.8. The third kappa shape index (κ3) is 4.42. The summed E-state index contributed by atoms with van der Waals surface area (Å²) in [4.78, 5) is 42.8. The Morgan fingerprint density at radius 2 is 1.88 bits per heavy atom. The van der Waals surface area contributed by atoms with E-state index in [2.05, 4.69) is 11.4 Å². The van der Waals surface area contributed by atoms with Gasteiger partial charge < -0.3 is 9.64 Å². The van der Waals surface area contributed by atoms with Gasteiger partial charge in [-0.25, -0.2) is 0 Å². The minimum Gasteiger partial charge on any atom is -0.381 e. The summed E-state index contributed by atoms with van der Waals surface area (Å²) in [5, 5.41) is 2.34. The molecule has 0 spiro atoms. The van der Waals surface area contributed by atoms with E-state index < -0.39 is 6.04 Å². The zero-order valence-electron chi connectivity index (χ0n) is 18.9. The molecule has 7 heteroatoms. The lowest BCUT2D eigenvalue weighted by Crippen LogP contribution is -2.52. The zero-order chi connectivity index (χ0) is 22.9. The van der Waals surface area contributed by atoms with E-state index in [9.17, 15) is 14.4 Å². The van der Waals surface area contributed by atoms with Crippen LogP contribution in [0.5, 0.6) is 0 Å². The fraction of sp³-hybridized carbons (Fsp3) is 0.462. The van der Waals surface area contributed by atoms with Crippen LogP contribution in [0.4, 0.5) is 0 Å². The average Bonchev–Trinajstić information content (AvgIpc) is 3.15. The van der Waals surface area contributed by atoms with Gasteiger partial charge in [0.15, 0.2) is 0 Å². The van der Waals surface area contributed by atoms with E-state index in [-0.39, 0.29) is 24.1 Å². The van der Waals surface area contributed by atoms with E-state index in [1.807, 2.05) is 30.5 Å². The number of hydrogen-bond donors (Lipinski definition) is 1. The van der Waals surface area contributed by atoms with Crippen molar-refractivity contribution < 1.29 is 19.1 Å². The number of piperidine rings is 1. The van der Waals surface area contributed by atoms with Crippen molar-refractivity contribution in [3.05, 3.63) is 53.2 Å². The topological polar surface area (TPSA) is 88.6 Å². The predicted molar refractivity (Wildman–Crippen MR) is 122 cm³/mol. The Hall–Kier alpha value is -3.06. The maximum Gasteiger partial charge on any atom is 0.255 e. The molecule has 1 N–H and O–H groups in total. The lowest BCUT2D eigenvalue weighted by atomic mass is 9.83. The summed E-state index contributed by atoms with van der Waals surface area (Å²) in [5.41, 5.74) is 4.59. The molecule has 3 heterocycles. The number of benzene rings is 1. The number of carbonyl (C=O) groups excluding carboxylic acids is 3. The maximum atomic E-state index is 12.9. The van der Waals surface area contributed by atoms with Crippen molar-refractivity contribution >= 4 is 17.7 Å². The molecule has 3 amide bonds. The third-order valence-electron chi connectivity index (χ3n) is 7.30. The van der Waals surface area contributed by atoms with E-state index in [0.717, 1.165) is 36.1 Å². The summed E-state index contributed by atoms with van der Waals surface area (Å²) < 4.78 is 5.47. The maximum absolute atomic E-state index is 12.9. The number of pyridine rings is 1. The monoisotopic (exact) mass is 447 g/mol. The van der Waals surface area contributed by atoms with Crippen molar-refractivity contribution in [3.8, 4) is 11.3 Å². The van der Waals surface area contributed by atoms with Crippen LogP contribution in [0.15, 0.2) is 36.5 Å². The molecule has 1 unspecified atom stereocenters. The van der Waals surface area contributed by atoms with Crippen LogP contribution in [0.25, 0.3) is 11.3 Å². The largest absolute Gasteiger partial charge is 0.381 e. The Kier molecular flexibility index (Phi) is 5.98. The molecule has 1 aromatic heterocycles. The van der Waals surface area contributed by atoms with Crippen LogP contribution < -0.4 is 5.32 Å². The molecule has 0 bridgehead atoms. The number of imide groups is 1. The first-order valence-electron chi connectivity index (χ1n) is 11.8. The number of ether oxygens (including phenoxy) is 1. The molecule has 2 fully saturated rings. The number of hydrogen-bond acceptors (Lipinski definition) is 5. The molecular weight excluding hydrogens is 418 g/mol. The van der Waals surface area contributed by atoms with E-state index in [0.29, 0.717) is 30.6 Å². The number of rotatable bonds is 5. The van der Waals surface area contributed by atoms with Crippen LogP contribution >= 0.6 is 0 Å². The second-order valence-electron chi connectivity index (χ2n) is 9.41. The first-order valence-corrected chi connectivity index (χ1v) is 11.8. The van der Waals surface area contributed by atoms with Crippen molar-refractivity contribution in [3.63, 3.8) is 0 Å². The van der Waals surface area contributed by atoms with Gasteiger partial charge in [0.05, 0.1) is 11.8 Å². The number of nitrogens with one attached hydrogen (secondary N) is 1. The van der Waals surface area contributed by atoms with Crippen LogP contribution in [0, 0.1) is 5.92 Å². The molecule has 33 heavy (non-hydrogen) atoms. The molecule has 172 valence electrons. The standard InChI is InChI=1S/C26H29N3O4/c1-33-20-6-2-16(3-7-20)12-17-4-9-22(27-14-17)18-5-8-21-19(13-18)15-29(26(21)32)23-10-11-24(30)28-25(23)31/h4-5,8-9,13-14,16,20,23H,2-3,6-7,10-12,15H2,1H3,(H,28,30,31)/t16-,20-,23?. The quantitative estimate of drug-likeness (QED) is 0.711. The van der Waals surface area contributed by atoms with Crippen molar-refractivity contribution in [2.45, 2.75) is 63.6 Å². The van der Waals surface area contributed by atoms with Crippen LogP contribution in [0.1, 0.15) is 60.0 Å². The Morgan fingerprint density at radius 1 is 1.06 bits per heavy atom. The lowest BCUT2D eigenvalue weighted by Gasteiger charge is -2.29. The van der Waals surface area contributed by atoms with Gasteiger partial charge in [0.2, 0.25) is 11.8 Å².